The van der Waals surface area contributed by atoms with Crippen LogP contribution in [0.25, 0.3) is 6.08 Å². The SMILES string of the molecule is O=C1NC(=S)SC1=Cc1ccccc1Sc1ccc(Br)cc1. The van der Waals surface area contributed by atoms with E-state index in [-0.39, 0.29) is 5.91 Å². The molecule has 0 spiro atoms. The average Bonchev–Trinajstić information content (AvgIpc) is 2.81. The monoisotopic (exact) mass is 407 g/mol. The highest BCUT2D eigenvalue weighted by Crippen LogP contribution is 2.34. The van der Waals surface area contributed by atoms with Crippen LogP contribution in [0.1, 0.15) is 5.56 Å². The molecule has 0 aromatic heterocycles. The van der Waals surface area contributed by atoms with E-state index >= 15 is 0 Å². The van der Waals surface area contributed by atoms with Crippen LogP contribution in [0.4, 0.5) is 0 Å². The highest BCUT2D eigenvalue weighted by molar-refractivity contribution is 9.10. The highest BCUT2D eigenvalue weighted by atomic mass is 79.9. The Morgan fingerprint density at radius 2 is 1.86 bits per heavy atom. The summed E-state index contributed by atoms with van der Waals surface area (Å²) in [5.74, 6) is -0.126. The first-order chi connectivity index (χ1) is 10.6. The van der Waals surface area contributed by atoms with Gasteiger partial charge in [-0.1, -0.05) is 69.9 Å². The van der Waals surface area contributed by atoms with Crippen molar-refractivity contribution < 1.29 is 4.79 Å². The van der Waals surface area contributed by atoms with E-state index in [0.717, 1.165) is 19.8 Å². The maximum absolute atomic E-state index is 11.8. The lowest BCUT2D eigenvalue weighted by Gasteiger charge is -2.06. The first kappa shape index (κ1) is 15.8. The summed E-state index contributed by atoms with van der Waals surface area (Å²) in [6.45, 7) is 0. The largest absolute Gasteiger partial charge is 0.307 e. The van der Waals surface area contributed by atoms with Gasteiger partial charge in [0.15, 0.2) is 0 Å². The average molecular weight is 408 g/mol. The van der Waals surface area contributed by atoms with Crippen LogP contribution in [0.2, 0.25) is 0 Å². The van der Waals surface area contributed by atoms with Gasteiger partial charge in [-0.15, -0.1) is 0 Å². The van der Waals surface area contributed by atoms with E-state index in [2.05, 4.69) is 39.4 Å². The lowest BCUT2D eigenvalue weighted by atomic mass is 10.2. The minimum atomic E-state index is -0.126. The van der Waals surface area contributed by atoms with E-state index in [0.29, 0.717) is 9.23 Å². The lowest BCUT2D eigenvalue weighted by molar-refractivity contribution is -0.115. The second kappa shape index (κ2) is 7.00. The summed E-state index contributed by atoms with van der Waals surface area (Å²) in [5, 5.41) is 2.64. The Balaban J connectivity index is 1.90. The zero-order valence-corrected chi connectivity index (χ0v) is 15.2. The van der Waals surface area contributed by atoms with E-state index < -0.39 is 0 Å². The molecule has 2 aromatic rings. The molecule has 6 heteroatoms. The molecule has 0 unspecified atom stereocenters. The molecule has 0 radical (unpaired) electrons. The summed E-state index contributed by atoms with van der Waals surface area (Å²) in [6.07, 6.45) is 1.89. The molecule has 1 saturated heterocycles. The number of carbonyl (C=O) groups excluding carboxylic acids is 1. The van der Waals surface area contributed by atoms with Gasteiger partial charge in [-0.25, -0.2) is 0 Å². The van der Waals surface area contributed by atoms with E-state index in [9.17, 15) is 4.79 Å². The molecule has 2 aromatic carbocycles. The smallest absolute Gasteiger partial charge is 0.263 e. The third-order valence-electron chi connectivity index (χ3n) is 2.89. The van der Waals surface area contributed by atoms with Gasteiger partial charge in [0.2, 0.25) is 0 Å². The Morgan fingerprint density at radius 3 is 2.55 bits per heavy atom. The molecule has 0 saturated carbocycles. The van der Waals surface area contributed by atoms with Crippen LogP contribution in [-0.4, -0.2) is 10.2 Å². The molecule has 0 atom stereocenters. The number of amides is 1. The molecular weight excluding hydrogens is 398 g/mol. The van der Waals surface area contributed by atoms with E-state index in [4.69, 9.17) is 12.2 Å². The number of carbonyl (C=O) groups is 1. The number of thiocarbonyl (C=S) groups is 1. The van der Waals surface area contributed by atoms with Gasteiger partial charge in [-0.3, -0.25) is 4.79 Å². The maximum Gasteiger partial charge on any atom is 0.263 e. The minimum Gasteiger partial charge on any atom is -0.307 e. The van der Waals surface area contributed by atoms with Crippen LogP contribution in [0.15, 0.2) is 67.7 Å². The Hall–Kier alpha value is -1.08. The quantitative estimate of drug-likeness (QED) is 0.566. The molecule has 1 heterocycles. The summed E-state index contributed by atoms with van der Waals surface area (Å²) < 4.78 is 1.56. The van der Waals surface area contributed by atoms with Gasteiger partial charge in [0.05, 0.1) is 4.91 Å². The summed E-state index contributed by atoms with van der Waals surface area (Å²) in [4.78, 5) is 14.7. The van der Waals surface area contributed by atoms with E-state index in [1.165, 1.54) is 11.8 Å². The van der Waals surface area contributed by atoms with Gasteiger partial charge in [-0.2, -0.15) is 0 Å². The van der Waals surface area contributed by atoms with Crippen LogP contribution in [0, 0.1) is 0 Å². The Bertz CT molecular complexity index is 771. The number of hydrogen-bond donors (Lipinski definition) is 1. The zero-order chi connectivity index (χ0) is 15.5. The topological polar surface area (TPSA) is 29.1 Å². The van der Waals surface area contributed by atoms with E-state index in [1.54, 1.807) is 11.8 Å². The Kier molecular flexibility index (Phi) is 5.03. The Morgan fingerprint density at radius 1 is 1.14 bits per heavy atom. The van der Waals surface area contributed by atoms with E-state index in [1.807, 2.05) is 36.4 Å². The van der Waals surface area contributed by atoms with Crippen molar-refractivity contribution in [2.45, 2.75) is 9.79 Å². The minimum absolute atomic E-state index is 0.126. The molecule has 2 nitrogen and oxygen atoms in total. The number of hydrogen-bond acceptors (Lipinski definition) is 4. The number of thioether (sulfide) groups is 1. The van der Waals surface area contributed by atoms with Gasteiger partial charge in [0.25, 0.3) is 5.91 Å². The van der Waals surface area contributed by atoms with Crippen molar-refractivity contribution in [1.82, 2.24) is 5.32 Å². The summed E-state index contributed by atoms with van der Waals surface area (Å²) in [5.41, 5.74) is 1.01. The number of benzene rings is 2. The molecule has 0 aliphatic carbocycles. The zero-order valence-electron chi connectivity index (χ0n) is 11.2. The normalized spacial score (nSPS) is 16.1. The van der Waals surface area contributed by atoms with Crippen LogP contribution in [0.5, 0.6) is 0 Å². The first-order valence-corrected chi connectivity index (χ1v) is 9.22. The molecule has 110 valence electrons. The molecule has 1 fully saturated rings. The third-order valence-corrected chi connectivity index (χ3v) is 5.68. The highest BCUT2D eigenvalue weighted by Gasteiger charge is 2.22. The van der Waals surface area contributed by atoms with Crippen molar-refractivity contribution in [2.24, 2.45) is 0 Å². The number of nitrogens with one attached hydrogen (secondary N) is 1. The molecule has 1 aliphatic rings. The fraction of sp³-hybridized carbons (Fsp3) is 0. The molecule has 0 bridgehead atoms. The second-order valence-electron chi connectivity index (χ2n) is 4.45. The van der Waals surface area contributed by atoms with Gasteiger partial charge in [-0.05, 0) is 42.0 Å². The van der Waals surface area contributed by atoms with Crippen LogP contribution in [-0.2, 0) is 4.79 Å². The maximum atomic E-state index is 11.8. The molecular formula is C16H10BrNOS3. The number of rotatable bonds is 3. The van der Waals surface area contributed by atoms with Gasteiger partial charge in [0, 0.05) is 14.3 Å². The summed E-state index contributed by atoms with van der Waals surface area (Å²) in [6, 6.07) is 16.2. The van der Waals surface area contributed by atoms with Crippen molar-refractivity contribution in [3.05, 3.63) is 63.5 Å². The lowest BCUT2D eigenvalue weighted by Crippen LogP contribution is -2.17. The molecule has 22 heavy (non-hydrogen) atoms. The molecule has 3 rings (SSSR count). The molecule has 1 amide bonds. The Labute approximate surface area is 150 Å². The predicted molar refractivity (Wildman–Crippen MR) is 101 cm³/mol. The van der Waals surface area contributed by atoms with Crippen molar-refractivity contribution in [3.63, 3.8) is 0 Å². The summed E-state index contributed by atoms with van der Waals surface area (Å²) in [7, 11) is 0. The van der Waals surface area contributed by atoms with Crippen molar-refractivity contribution in [2.75, 3.05) is 0 Å². The number of halogens is 1. The first-order valence-electron chi connectivity index (χ1n) is 6.39. The van der Waals surface area contributed by atoms with Crippen LogP contribution >= 0.6 is 51.7 Å². The standard InChI is InChI=1S/C16H10BrNOS3/c17-11-5-7-12(8-6-11)21-13-4-2-1-3-10(13)9-14-15(19)18-16(20)22-14/h1-9H,(H,18,19,20). The predicted octanol–water partition coefficient (Wildman–Crippen LogP) is 5.09. The van der Waals surface area contributed by atoms with Gasteiger partial charge < -0.3 is 5.32 Å². The van der Waals surface area contributed by atoms with Crippen LogP contribution in [0.3, 0.4) is 0 Å². The molecule has 1 aliphatic heterocycles. The van der Waals surface area contributed by atoms with Gasteiger partial charge >= 0.3 is 0 Å². The van der Waals surface area contributed by atoms with Crippen LogP contribution < -0.4 is 5.32 Å². The second-order valence-corrected chi connectivity index (χ2v) is 8.20. The fourth-order valence-electron chi connectivity index (χ4n) is 1.88. The van der Waals surface area contributed by atoms with Crippen molar-refractivity contribution in [1.29, 1.82) is 0 Å². The summed E-state index contributed by atoms with van der Waals surface area (Å²) >= 11 is 11.4. The third kappa shape index (κ3) is 3.81. The fourth-order valence-corrected chi connectivity index (χ4v) is 4.10. The van der Waals surface area contributed by atoms with Crippen molar-refractivity contribution >= 4 is 68.0 Å². The molecule has 1 N–H and O–H groups in total. The van der Waals surface area contributed by atoms with Crippen molar-refractivity contribution in [3.8, 4) is 0 Å². The van der Waals surface area contributed by atoms with Gasteiger partial charge in [0.1, 0.15) is 4.32 Å².